The van der Waals surface area contributed by atoms with Gasteiger partial charge >= 0.3 is 5.97 Å². The van der Waals surface area contributed by atoms with Crippen LogP contribution in [0.2, 0.25) is 0 Å². The topological polar surface area (TPSA) is 52.1 Å². The Kier molecular flexibility index (Phi) is 3.67. The SMILES string of the molecule is CCOC(=O)c1csc(-c2csc(Br)n2)n1. The first kappa shape index (κ1) is 11.7. The Morgan fingerprint density at radius 3 is 2.88 bits per heavy atom. The Bertz CT molecular complexity index is 509. The fraction of sp³-hybridized carbons (Fsp3) is 0.222. The van der Waals surface area contributed by atoms with Crippen molar-refractivity contribution in [3.63, 3.8) is 0 Å². The number of rotatable bonds is 3. The lowest BCUT2D eigenvalue weighted by molar-refractivity contribution is 0.0520. The van der Waals surface area contributed by atoms with Crippen LogP contribution >= 0.6 is 38.6 Å². The van der Waals surface area contributed by atoms with Crippen molar-refractivity contribution in [2.45, 2.75) is 6.92 Å². The summed E-state index contributed by atoms with van der Waals surface area (Å²) in [5.74, 6) is -0.390. The van der Waals surface area contributed by atoms with Crippen LogP contribution in [0.25, 0.3) is 10.7 Å². The van der Waals surface area contributed by atoms with E-state index in [1.807, 2.05) is 5.38 Å². The molecule has 0 atom stereocenters. The zero-order valence-electron chi connectivity index (χ0n) is 8.27. The normalized spacial score (nSPS) is 10.4. The van der Waals surface area contributed by atoms with E-state index in [1.54, 1.807) is 12.3 Å². The van der Waals surface area contributed by atoms with E-state index in [1.165, 1.54) is 22.7 Å². The van der Waals surface area contributed by atoms with Crippen LogP contribution in [0.15, 0.2) is 14.7 Å². The van der Waals surface area contributed by atoms with Crippen LogP contribution in [0, 0.1) is 0 Å². The van der Waals surface area contributed by atoms with Crippen molar-refractivity contribution in [3.05, 3.63) is 20.4 Å². The molecule has 84 valence electrons. The summed E-state index contributed by atoms with van der Waals surface area (Å²) in [5.41, 5.74) is 1.11. The smallest absolute Gasteiger partial charge is 0.357 e. The molecule has 2 heterocycles. The van der Waals surface area contributed by atoms with Gasteiger partial charge in [-0.05, 0) is 22.9 Å². The van der Waals surface area contributed by atoms with Gasteiger partial charge in [0.1, 0.15) is 10.7 Å². The van der Waals surface area contributed by atoms with Crippen LogP contribution in [0.3, 0.4) is 0 Å². The molecule has 2 aromatic heterocycles. The van der Waals surface area contributed by atoms with Gasteiger partial charge in [0.05, 0.1) is 6.61 Å². The van der Waals surface area contributed by atoms with E-state index in [2.05, 4.69) is 25.9 Å². The molecule has 0 fully saturated rings. The molecule has 0 spiro atoms. The molecule has 2 aromatic rings. The highest BCUT2D eigenvalue weighted by Gasteiger charge is 2.13. The van der Waals surface area contributed by atoms with Crippen molar-refractivity contribution in [3.8, 4) is 10.7 Å². The van der Waals surface area contributed by atoms with Gasteiger partial charge in [0.2, 0.25) is 0 Å². The van der Waals surface area contributed by atoms with Crippen LogP contribution in [-0.4, -0.2) is 22.5 Å². The quantitative estimate of drug-likeness (QED) is 0.815. The van der Waals surface area contributed by atoms with E-state index in [4.69, 9.17) is 4.74 Å². The molecule has 0 aliphatic rings. The average molecular weight is 319 g/mol. The first-order chi connectivity index (χ1) is 7.70. The van der Waals surface area contributed by atoms with E-state index in [9.17, 15) is 4.79 Å². The Hall–Kier alpha value is -0.790. The number of carbonyl (C=O) groups is 1. The van der Waals surface area contributed by atoms with Gasteiger partial charge in [0, 0.05) is 10.8 Å². The summed E-state index contributed by atoms with van der Waals surface area (Å²) < 4.78 is 5.66. The molecule has 0 radical (unpaired) electrons. The predicted octanol–water partition coefficient (Wildman–Crippen LogP) is 3.21. The monoisotopic (exact) mass is 318 g/mol. The molecule has 0 unspecified atom stereocenters. The minimum atomic E-state index is -0.390. The fourth-order valence-corrected chi connectivity index (χ4v) is 2.86. The standard InChI is InChI=1S/C9H7BrN2O2S2/c1-2-14-8(13)6-4-15-7(11-6)5-3-16-9(10)12-5/h3-4H,2H2,1H3. The highest BCUT2D eigenvalue weighted by molar-refractivity contribution is 9.11. The molecule has 2 rings (SSSR count). The van der Waals surface area contributed by atoms with Gasteiger partial charge in [-0.15, -0.1) is 22.7 Å². The van der Waals surface area contributed by atoms with Crippen molar-refractivity contribution in [2.24, 2.45) is 0 Å². The zero-order valence-corrected chi connectivity index (χ0v) is 11.5. The van der Waals surface area contributed by atoms with Gasteiger partial charge in [0.15, 0.2) is 9.61 Å². The van der Waals surface area contributed by atoms with Crippen molar-refractivity contribution in [1.29, 1.82) is 0 Å². The summed E-state index contributed by atoms with van der Waals surface area (Å²) in [6, 6.07) is 0. The van der Waals surface area contributed by atoms with Gasteiger partial charge < -0.3 is 4.74 Å². The van der Waals surface area contributed by atoms with Crippen molar-refractivity contribution in [1.82, 2.24) is 9.97 Å². The zero-order chi connectivity index (χ0) is 11.5. The second-order valence-electron chi connectivity index (χ2n) is 2.74. The van der Waals surface area contributed by atoms with Crippen molar-refractivity contribution in [2.75, 3.05) is 6.61 Å². The second kappa shape index (κ2) is 5.03. The Morgan fingerprint density at radius 1 is 1.44 bits per heavy atom. The van der Waals surface area contributed by atoms with E-state index in [-0.39, 0.29) is 5.97 Å². The molecule has 7 heteroatoms. The highest BCUT2D eigenvalue weighted by Crippen LogP contribution is 2.27. The molecule has 0 N–H and O–H groups in total. The van der Waals surface area contributed by atoms with Crippen LogP contribution < -0.4 is 0 Å². The fourth-order valence-electron chi connectivity index (χ4n) is 1.04. The molecule has 0 aliphatic carbocycles. The van der Waals surface area contributed by atoms with E-state index >= 15 is 0 Å². The number of aromatic nitrogens is 2. The van der Waals surface area contributed by atoms with E-state index < -0.39 is 0 Å². The molecule has 0 bridgehead atoms. The van der Waals surface area contributed by atoms with Crippen molar-refractivity contribution >= 4 is 44.6 Å². The average Bonchev–Trinajstić information content (AvgIpc) is 2.85. The lowest BCUT2D eigenvalue weighted by Gasteiger charge is -1.95. The molecule has 16 heavy (non-hydrogen) atoms. The third-order valence-corrected chi connectivity index (χ3v) is 3.91. The molecule has 0 aromatic carbocycles. The summed E-state index contributed by atoms with van der Waals surface area (Å²) in [6.45, 7) is 2.12. The molecule has 0 saturated carbocycles. The minimum absolute atomic E-state index is 0.339. The number of halogens is 1. The first-order valence-electron chi connectivity index (χ1n) is 4.44. The van der Waals surface area contributed by atoms with Gasteiger partial charge in [-0.25, -0.2) is 14.8 Å². The van der Waals surface area contributed by atoms with Crippen LogP contribution in [0.1, 0.15) is 17.4 Å². The summed E-state index contributed by atoms with van der Waals surface area (Å²) in [7, 11) is 0. The third kappa shape index (κ3) is 2.47. The maximum Gasteiger partial charge on any atom is 0.357 e. The predicted molar refractivity (Wildman–Crippen MR) is 66.9 cm³/mol. The highest BCUT2D eigenvalue weighted by atomic mass is 79.9. The number of carbonyl (C=O) groups excluding carboxylic acids is 1. The maximum atomic E-state index is 11.4. The minimum Gasteiger partial charge on any atom is -0.461 e. The van der Waals surface area contributed by atoms with E-state index in [0.29, 0.717) is 12.3 Å². The maximum absolute atomic E-state index is 11.4. The van der Waals surface area contributed by atoms with E-state index in [0.717, 1.165) is 14.6 Å². The Morgan fingerprint density at radius 2 is 2.25 bits per heavy atom. The Labute approximate surface area is 108 Å². The van der Waals surface area contributed by atoms with Crippen LogP contribution in [-0.2, 0) is 4.74 Å². The van der Waals surface area contributed by atoms with Crippen molar-refractivity contribution < 1.29 is 9.53 Å². The molecule has 0 amide bonds. The summed E-state index contributed by atoms with van der Waals surface area (Å²) in [4.78, 5) is 19.8. The largest absolute Gasteiger partial charge is 0.461 e. The molecule has 0 saturated heterocycles. The lowest BCUT2D eigenvalue weighted by atomic mass is 10.5. The number of hydrogen-bond acceptors (Lipinski definition) is 6. The van der Waals surface area contributed by atoms with Gasteiger partial charge in [-0.1, -0.05) is 0 Å². The molecule has 4 nitrogen and oxygen atoms in total. The Balaban J connectivity index is 2.22. The van der Waals surface area contributed by atoms with Crippen LogP contribution in [0.5, 0.6) is 0 Å². The first-order valence-corrected chi connectivity index (χ1v) is 7.00. The molecular weight excluding hydrogens is 312 g/mol. The van der Waals surface area contributed by atoms with Crippen LogP contribution in [0.4, 0.5) is 0 Å². The van der Waals surface area contributed by atoms with Gasteiger partial charge in [0.25, 0.3) is 0 Å². The number of hydrogen-bond donors (Lipinski definition) is 0. The molecule has 0 aliphatic heterocycles. The van der Waals surface area contributed by atoms with Gasteiger partial charge in [-0.2, -0.15) is 0 Å². The summed E-state index contributed by atoms with van der Waals surface area (Å²) in [6.07, 6.45) is 0. The summed E-state index contributed by atoms with van der Waals surface area (Å²) >= 11 is 6.15. The summed E-state index contributed by atoms with van der Waals surface area (Å²) in [5, 5.41) is 4.29. The lowest BCUT2D eigenvalue weighted by Crippen LogP contribution is -2.04. The second-order valence-corrected chi connectivity index (χ2v) is 5.74. The molecular formula is C9H7BrN2O2S2. The number of esters is 1. The number of nitrogens with zero attached hydrogens (tertiary/aromatic N) is 2. The number of thiazole rings is 2. The third-order valence-electron chi connectivity index (χ3n) is 1.68. The number of ether oxygens (including phenoxy) is 1. The van der Waals surface area contributed by atoms with Gasteiger partial charge in [-0.3, -0.25) is 0 Å².